The number of carbonyl (C=O) groups excluding carboxylic acids is 2. The largest absolute Gasteiger partial charge is 0.461 e. The average molecular weight is 402 g/mol. The lowest BCUT2D eigenvalue weighted by Crippen LogP contribution is -2.43. The van der Waals surface area contributed by atoms with Gasteiger partial charge in [0, 0.05) is 26.4 Å². The van der Waals surface area contributed by atoms with E-state index in [0.29, 0.717) is 17.7 Å². The molecule has 28 heavy (non-hydrogen) atoms. The van der Waals surface area contributed by atoms with Crippen molar-refractivity contribution in [3.63, 3.8) is 0 Å². The molecular weight excluding hydrogens is 380 g/mol. The number of hydrogen-bond donors (Lipinski definition) is 2. The molecule has 10 heteroatoms. The van der Waals surface area contributed by atoms with Gasteiger partial charge >= 0.3 is 5.97 Å². The summed E-state index contributed by atoms with van der Waals surface area (Å²) in [5.41, 5.74) is 0.969. The Hall–Kier alpha value is -3.01. The molecule has 0 bridgehead atoms. The van der Waals surface area contributed by atoms with Gasteiger partial charge in [-0.1, -0.05) is 18.2 Å². The van der Waals surface area contributed by atoms with E-state index >= 15 is 0 Å². The van der Waals surface area contributed by atoms with E-state index in [1.165, 1.54) is 0 Å². The maximum absolute atomic E-state index is 12.8. The summed E-state index contributed by atoms with van der Waals surface area (Å²) >= 11 is 5.08. The molecule has 9 nitrogen and oxygen atoms in total. The van der Waals surface area contributed by atoms with Crippen molar-refractivity contribution in [2.24, 2.45) is 12.1 Å². The fourth-order valence-corrected chi connectivity index (χ4v) is 3.04. The molecule has 1 aromatic carbocycles. The van der Waals surface area contributed by atoms with Crippen LogP contribution in [-0.4, -0.2) is 51.5 Å². The van der Waals surface area contributed by atoms with E-state index < -0.39 is 12.0 Å². The van der Waals surface area contributed by atoms with Crippen LogP contribution in [0.5, 0.6) is 0 Å². The Morgan fingerprint density at radius 2 is 2.11 bits per heavy atom. The number of aromatic nitrogens is 3. The van der Waals surface area contributed by atoms with Gasteiger partial charge in [0.25, 0.3) is 0 Å². The number of esters is 1. The number of hydrazone groups is 1. The minimum atomic E-state index is -0.621. The van der Waals surface area contributed by atoms with Crippen molar-refractivity contribution in [3.8, 4) is 0 Å². The number of H-pyrrole nitrogens is 1. The maximum Gasteiger partial charge on any atom is 0.354 e. The summed E-state index contributed by atoms with van der Waals surface area (Å²) in [6.45, 7) is 2.38. The van der Waals surface area contributed by atoms with E-state index in [1.807, 2.05) is 37.4 Å². The molecule has 1 unspecified atom stereocenters. The Bertz CT molecular complexity index is 936. The van der Waals surface area contributed by atoms with Gasteiger partial charge in [0.05, 0.1) is 12.3 Å². The number of amides is 1. The van der Waals surface area contributed by atoms with Gasteiger partial charge in [-0.25, -0.2) is 4.79 Å². The SMILES string of the molecule is CCOC(=O)C1=NN(c2ccccc2)C(C(=O)NCCc2n[nH]c(=S)n2C)C1. The molecule has 0 radical (unpaired) electrons. The molecule has 1 aliphatic rings. The number of hydrogen-bond acceptors (Lipinski definition) is 7. The van der Waals surface area contributed by atoms with Crippen molar-refractivity contribution < 1.29 is 14.3 Å². The fraction of sp³-hybridized carbons (Fsp3) is 0.389. The summed E-state index contributed by atoms with van der Waals surface area (Å²) in [6.07, 6.45) is 0.713. The third kappa shape index (κ3) is 4.28. The van der Waals surface area contributed by atoms with Crippen molar-refractivity contribution in [2.45, 2.75) is 25.8 Å². The van der Waals surface area contributed by atoms with Crippen molar-refractivity contribution in [1.29, 1.82) is 0 Å². The molecule has 2 aromatic rings. The van der Waals surface area contributed by atoms with Crippen molar-refractivity contribution >= 4 is 35.5 Å². The van der Waals surface area contributed by atoms with E-state index in [2.05, 4.69) is 20.6 Å². The van der Waals surface area contributed by atoms with E-state index in [1.54, 1.807) is 16.5 Å². The van der Waals surface area contributed by atoms with E-state index in [0.717, 1.165) is 11.5 Å². The number of rotatable bonds is 7. The molecular formula is C18H22N6O3S. The summed E-state index contributed by atoms with van der Waals surface area (Å²) < 4.78 is 7.33. The van der Waals surface area contributed by atoms with Crippen LogP contribution in [-0.2, 0) is 27.8 Å². The first-order valence-electron chi connectivity index (χ1n) is 8.98. The number of para-hydroxylation sites is 1. The van der Waals surface area contributed by atoms with Crippen LogP contribution in [0.4, 0.5) is 5.69 Å². The zero-order valence-electron chi connectivity index (χ0n) is 15.7. The summed E-state index contributed by atoms with van der Waals surface area (Å²) in [5, 5.41) is 15.6. The second kappa shape index (κ2) is 8.79. The lowest BCUT2D eigenvalue weighted by atomic mass is 10.1. The lowest BCUT2D eigenvalue weighted by molar-refractivity contribution is -0.135. The smallest absolute Gasteiger partial charge is 0.354 e. The van der Waals surface area contributed by atoms with Crippen LogP contribution in [0.2, 0.25) is 0 Å². The normalized spacial score (nSPS) is 16.0. The lowest BCUT2D eigenvalue weighted by Gasteiger charge is -2.22. The molecule has 1 amide bonds. The molecule has 0 spiro atoms. The van der Waals surface area contributed by atoms with Crippen LogP contribution in [0.25, 0.3) is 0 Å². The van der Waals surface area contributed by atoms with E-state index in [4.69, 9.17) is 17.0 Å². The van der Waals surface area contributed by atoms with Gasteiger partial charge in [-0.2, -0.15) is 10.2 Å². The highest BCUT2D eigenvalue weighted by Crippen LogP contribution is 2.25. The third-order valence-electron chi connectivity index (χ3n) is 4.37. The standard InChI is InChI=1S/C18H22N6O3S/c1-3-27-17(26)13-11-14(24(22-13)12-7-5-4-6-8-12)16(25)19-10-9-15-20-21-18(28)23(15)2/h4-8,14H,3,9-11H2,1-2H3,(H,19,25)(H,21,28). The van der Waals surface area contributed by atoms with Gasteiger partial charge < -0.3 is 14.6 Å². The first-order valence-corrected chi connectivity index (χ1v) is 9.39. The van der Waals surface area contributed by atoms with Gasteiger partial charge in [0.1, 0.15) is 17.6 Å². The van der Waals surface area contributed by atoms with Crippen LogP contribution in [0, 0.1) is 4.77 Å². The molecule has 0 saturated carbocycles. The summed E-state index contributed by atoms with van der Waals surface area (Å²) in [5.74, 6) is 0.0315. The number of benzene rings is 1. The van der Waals surface area contributed by atoms with Crippen LogP contribution < -0.4 is 10.3 Å². The Labute approximate surface area is 167 Å². The second-order valence-electron chi connectivity index (χ2n) is 6.21. The van der Waals surface area contributed by atoms with Gasteiger partial charge in [0.2, 0.25) is 5.91 Å². The van der Waals surface area contributed by atoms with Gasteiger partial charge in [0.15, 0.2) is 4.77 Å². The molecule has 2 heterocycles. The Morgan fingerprint density at radius 1 is 1.36 bits per heavy atom. The molecule has 148 valence electrons. The van der Waals surface area contributed by atoms with Gasteiger partial charge in [-0.05, 0) is 31.3 Å². The molecule has 0 aliphatic carbocycles. The third-order valence-corrected chi connectivity index (χ3v) is 4.73. The molecule has 1 aromatic heterocycles. The molecule has 3 rings (SSSR count). The quantitative estimate of drug-likeness (QED) is 0.535. The number of carbonyl (C=O) groups is 2. The van der Waals surface area contributed by atoms with E-state index in [9.17, 15) is 9.59 Å². The van der Waals surface area contributed by atoms with Crippen molar-refractivity contribution in [2.75, 3.05) is 18.2 Å². The van der Waals surface area contributed by atoms with Crippen LogP contribution in [0.1, 0.15) is 19.2 Å². The Balaban J connectivity index is 1.69. The summed E-state index contributed by atoms with van der Waals surface area (Å²) in [4.78, 5) is 24.9. The van der Waals surface area contributed by atoms with Gasteiger partial charge in [-0.3, -0.25) is 14.9 Å². The molecule has 1 atom stereocenters. The monoisotopic (exact) mass is 402 g/mol. The number of anilines is 1. The minimum absolute atomic E-state index is 0.187. The molecule has 0 saturated heterocycles. The zero-order valence-corrected chi connectivity index (χ0v) is 16.5. The first-order chi connectivity index (χ1) is 13.5. The first kappa shape index (κ1) is 19.7. The summed E-state index contributed by atoms with van der Waals surface area (Å²) in [6, 6.07) is 8.64. The number of ether oxygens (including phenoxy) is 1. The van der Waals surface area contributed by atoms with Crippen LogP contribution in [0.3, 0.4) is 0 Å². The second-order valence-corrected chi connectivity index (χ2v) is 6.60. The predicted molar refractivity (Wildman–Crippen MR) is 107 cm³/mol. The van der Waals surface area contributed by atoms with Crippen molar-refractivity contribution in [3.05, 3.63) is 40.9 Å². The summed E-state index contributed by atoms with van der Waals surface area (Å²) in [7, 11) is 1.82. The topological polar surface area (TPSA) is 105 Å². The Morgan fingerprint density at radius 3 is 2.75 bits per heavy atom. The van der Waals surface area contributed by atoms with E-state index in [-0.39, 0.29) is 24.6 Å². The zero-order chi connectivity index (χ0) is 20.1. The number of aromatic amines is 1. The van der Waals surface area contributed by atoms with Gasteiger partial charge in [-0.15, -0.1) is 0 Å². The Kier molecular flexibility index (Phi) is 6.19. The maximum atomic E-state index is 12.8. The molecule has 1 aliphatic heterocycles. The fourth-order valence-electron chi connectivity index (χ4n) is 2.89. The highest BCUT2D eigenvalue weighted by molar-refractivity contribution is 7.71. The minimum Gasteiger partial charge on any atom is -0.461 e. The average Bonchev–Trinajstić information content (AvgIpc) is 3.28. The number of nitrogens with zero attached hydrogens (tertiary/aromatic N) is 4. The predicted octanol–water partition coefficient (Wildman–Crippen LogP) is 1.33. The molecule has 2 N–H and O–H groups in total. The highest BCUT2D eigenvalue weighted by atomic mass is 32.1. The highest BCUT2D eigenvalue weighted by Gasteiger charge is 2.36. The van der Waals surface area contributed by atoms with Crippen LogP contribution in [0.15, 0.2) is 35.4 Å². The van der Waals surface area contributed by atoms with Crippen molar-refractivity contribution in [1.82, 2.24) is 20.1 Å². The molecule has 0 fully saturated rings. The number of nitrogens with one attached hydrogen (secondary N) is 2. The van der Waals surface area contributed by atoms with Crippen LogP contribution >= 0.6 is 12.2 Å².